The van der Waals surface area contributed by atoms with E-state index in [-0.39, 0.29) is 5.28 Å². The zero-order valence-corrected chi connectivity index (χ0v) is 13.2. The topological polar surface area (TPSA) is 72.0 Å². The van der Waals surface area contributed by atoms with Crippen molar-refractivity contribution in [1.82, 2.24) is 15.0 Å². The molecule has 0 saturated carbocycles. The highest BCUT2D eigenvalue weighted by atomic mass is 35.5. The van der Waals surface area contributed by atoms with Gasteiger partial charge in [0.15, 0.2) is 0 Å². The van der Waals surface area contributed by atoms with Gasteiger partial charge in [0.25, 0.3) is 0 Å². The molecule has 2 N–H and O–H groups in total. The fourth-order valence-corrected chi connectivity index (χ4v) is 1.94. The van der Waals surface area contributed by atoms with E-state index in [1.54, 1.807) is 25.3 Å². The van der Waals surface area contributed by atoms with Crippen LogP contribution in [0.25, 0.3) is 0 Å². The fraction of sp³-hybridized carbons (Fsp3) is 0.308. The van der Waals surface area contributed by atoms with Crippen molar-refractivity contribution < 1.29 is 4.74 Å². The Labute approximate surface area is 132 Å². The van der Waals surface area contributed by atoms with Crippen molar-refractivity contribution in [2.24, 2.45) is 0 Å². The summed E-state index contributed by atoms with van der Waals surface area (Å²) in [6.45, 7) is 2.81. The van der Waals surface area contributed by atoms with Gasteiger partial charge in [-0.05, 0) is 30.2 Å². The number of nitrogens with one attached hydrogen (secondary N) is 2. The first-order valence-corrected chi connectivity index (χ1v) is 7.14. The molecule has 112 valence electrons. The van der Waals surface area contributed by atoms with Crippen LogP contribution in [0.2, 0.25) is 10.3 Å². The number of aromatic nitrogens is 3. The molecule has 0 spiro atoms. The number of hydrogen-bond acceptors (Lipinski definition) is 6. The molecule has 6 nitrogen and oxygen atoms in total. The van der Waals surface area contributed by atoms with Gasteiger partial charge in [-0.1, -0.05) is 18.5 Å². The second kappa shape index (κ2) is 7.28. The minimum absolute atomic E-state index is 0.118. The Morgan fingerprint density at radius 3 is 2.62 bits per heavy atom. The molecular weight excluding hydrogens is 313 g/mol. The highest BCUT2D eigenvalue weighted by Crippen LogP contribution is 2.28. The molecule has 2 aromatic rings. The summed E-state index contributed by atoms with van der Waals surface area (Å²) in [7, 11) is 1.55. The zero-order valence-electron chi connectivity index (χ0n) is 11.7. The molecule has 0 fully saturated rings. The number of hydrogen-bond donors (Lipinski definition) is 2. The summed E-state index contributed by atoms with van der Waals surface area (Å²) in [6.07, 6.45) is 0.959. The van der Waals surface area contributed by atoms with Gasteiger partial charge in [-0.25, -0.2) is 0 Å². The molecule has 1 aromatic carbocycles. The van der Waals surface area contributed by atoms with Crippen molar-refractivity contribution in [1.29, 1.82) is 0 Å². The number of halogens is 2. The summed E-state index contributed by atoms with van der Waals surface area (Å²) in [4.78, 5) is 12.3. The third-order valence-electron chi connectivity index (χ3n) is 2.55. The number of ether oxygens (including phenoxy) is 1. The van der Waals surface area contributed by atoms with E-state index in [0.717, 1.165) is 18.7 Å². The summed E-state index contributed by atoms with van der Waals surface area (Å²) in [6, 6.07) is 5.27. The van der Waals surface area contributed by atoms with E-state index in [4.69, 9.17) is 27.9 Å². The Balaban J connectivity index is 2.20. The van der Waals surface area contributed by atoms with Crippen LogP contribution in [0.5, 0.6) is 5.75 Å². The first-order valence-electron chi connectivity index (χ1n) is 6.38. The van der Waals surface area contributed by atoms with E-state index in [0.29, 0.717) is 22.7 Å². The maximum absolute atomic E-state index is 5.98. The van der Waals surface area contributed by atoms with Gasteiger partial charge in [0.2, 0.25) is 17.2 Å². The van der Waals surface area contributed by atoms with Crippen molar-refractivity contribution in [3.05, 3.63) is 28.5 Å². The molecule has 1 heterocycles. The van der Waals surface area contributed by atoms with Gasteiger partial charge >= 0.3 is 0 Å². The molecular formula is C13H15Cl2N5O. The number of anilines is 3. The van der Waals surface area contributed by atoms with E-state index in [1.165, 1.54) is 0 Å². The van der Waals surface area contributed by atoms with Crippen LogP contribution in [0.4, 0.5) is 17.6 Å². The Morgan fingerprint density at radius 1 is 1.14 bits per heavy atom. The smallest absolute Gasteiger partial charge is 0.233 e. The van der Waals surface area contributed by atoms with E-state index >= 15 is 0 Å². The second-order valence-electron chi connectivity index (χ2n) is 4.15. The fourth-order valence-electron chi connectivity index (χ4n) is 1.59. The summed E-state index contributed by atoms with van der Waals surface area (Å²) in [5.41, 5.74) is 0.736. The molecule has 0 atom stereocenters. The molecule has 2 rings (SSSR count). The molecule has 1 aromatic heterocycles. The lowest BCUT2D eigenvalue weighted by Crippen LogP contribution is -2.07. The van der Waals surface area contributed by atoms with Crippen LogP contribution < -0.4 is 15.4 Å². The average Bonchev–Trinajstić information content (AvgIpc) is 2.46. The third-order valence-corrected chi connectivity index (χ3v) is 3.03. The first-order chi connectivity index (χ1) is 10.1. The van der Waals surface area contributed by atoms with Crippen molar-refractivity contribution >= 4 is 40.8 Å². The van der Waals surface area contributed by atoms with Gasteiger partial charge < -0.3 is 15.4 Å². The minimum atomic E-state index is 0.118. The molecule has 0 aliphatic carbocycles. The van der Waals surface area contributed by atoms with Crippen LogP contribution in [0.1, 0.15) is 13.3 Å². The summed E-state index contributed by atoms with van der Waals surface area (Å²) >= 11 is 11.9. The largest absolute Gasteiger partial charge is 0.495 e. The minimum Gasteiger partial charge on any atom is -0.495 e. The molecule has 21 heavy (non-hydrogen) atoms. The summed E-state index contributed by atoms with van der Waals surface area (Å²) < 4.78 is 5.16. The molecule has 8 heteroatoms. The van der Waals surface area contributed by atoms with Gasteiger partial charge in [0, 0.05) is 18.3 Å². The molecule has 0 radical (unpaired) electrons. The predicted octanol–water partition coefficient (Wildman–Crippen LogP) is 3.75. The Hall–Kier alpha value is -1.79. The van der Waals surface area contributed by atoms with Crippen LogP contribution in [-0.2, 0) is 0 Å². The maximum atomic E-state index is 5.98. The van der Waals surface area contributed by atoms with Crippen LogP contribution in [0.3, 0.4) is 0 Å². The van der Waals surface area contributed by atoms with Gasteiger partial charge in [0.05, 0.1) is 12.1 Å². The number of benzene rings is 1. The standard InChI is InChI=1S/C13H15Cl2N5O/c1-3-6-16-12-18-11(15)19-13(20-12)17-8-4-5-9(14)10(7-8)21-2/h4-5,7H,3,6H2,1-2H3,(H2,16,17,18,19,20). The lowest BCUT2D eigenvalue weighted by molar-refractivity contribution is 0.415. The lowest BCUT2D eigenvalue weighted by atomic mass is 10.3. The van der Waals surface area contributed by atoms with E-state index in [9.17, 15) is 0 Å². The highest BCUT2D eigenvalue weighted by Gasteiger charge is 2.07. The zero-order chi connectivity index (χ0) is 15.2. The number of methoxy groups -OCH3 is 1. The van der Waals surface area contributed by atoms with Crippen LogP contribution in [0, 0.1) is 0 Å². The molecule has 0 bridgehead atoms. The molecule has 0 unspecified atom stereocenters. The van der Waals surface area contributed by atoms with Crippen LogP contribution in [0.15, 0.2) is 18.2 Å². The highest BCUT2D eigenvalue weighted by molar-refractivity contribution is 6.32. The number of rotatable bonds is 6. The number of nitrogens with zero attached hydrogens (tertiary/aromatic N) is 3. The first kappa shape index (κ1) is 15.6. The quantitative estimate of drug-likeness (QED) is 0.841. The van der Waals surface area contributed by atoms with Gasteiger partial charge in [-0.2, -0.15) is 15.0 Å². The molecule has 0 aliphatic rings. The lowest BCUT2D eigenvalue weighted by Gasteiger charge is -2.09. The second-order valence-corrected chi connectivity index (χ2v) is 4.90. The van der Waals surface area contributed by atoms with Gasteiger partial charge in [-0.3, -0.25) is 0 Å². The van der Waals surface area contributed by atoms with Crippen LogP contribution in [-0.4, -0.2) is 28.6 Å². The Morgan fingerprint density at radius 2 is 1.90 bits per heavy atom. The van der Waals surface area contributed by atoms with E-state index in [1.807, 2.05) is 0 Å². The monoisotopic (exact) mass is 327 g/mol. The predicted molar refractivity (Wildman–Crippen MR) is 84.9 cm³/mol. The molecule has 0 amide bonds. The normalized spacial score (nSPS) is 10.3. The van der Waals surface area contributed by atoms with Crippen molar-refractivity contribution in [2.45, 2.75) is 13.3 Å². The maximum Gasteiger partial charge on any atom is 0.233 e. The summed E-state index contributed by atoms with van der Waals surface area (Å²) in [5, 5.41) is 6.75. The van der Waals surface area contributed by atoms with Crippen LogP contribution >= 0.6 is 23.2 Å². The Kier molecular flexibility index (Phi) is 5.41. The van der Waals surface area contributed by atoms with E-state index in [2.05, 4.69) is 32.5 Å². The van der Waals surface area contributed by atoms with Gasteiger partial charge in [-0.15, -0.1) is 0 Å². The van der Waals surface area contributed by atoms with E-state index < -0.39 is 0 Å². The molecule has 0 aliphatic heterocycles. The van der Waals surface area contributed by atoms with Crippen molar-refractivity contribution in [3.63, 3.8) is 0 Å². The van der Waals surface area contributed by atoms with Crippen molar-refractivity contribution in [3.8, 4) is 5.75 Å². The van der Waals surface area contributed by atoms with Crippen molar-refractivity contribution in [2.75, 3.05) is 24.3 Å². The Bertz CT molecular complexity index is 624. The SMILES string of the molecule is CCCNc1nc(Cl)nc(Nc2ccc(Cl)c(OC)c2)n1. The third kappa shape index (κ3) is 4.34. The van der Waals surface area contributed by atoms with Gasteiger partial charge in [0.1, 0.15) is 5.75 Å². The molecule has 0 saturated heterocycles. The average molecular weight is 328 g/mol. The summed E-state index contributed by atoms with van der Waals surface area (Å²) in [5.74, 6) is 1.34.